The molecule has 5 nitrogen and oxygen atoms in total. The van der Waals surface area contributed by atoms with Gasteiger partial charge in [0.2, 0.25) is 0 Å². The zero-order valence-corrected chi connectivity index (χ0v) is 10.5. The van der Waals surface area contributed by atoms with E-state index in [1.54, 1.807) is 20.8 Å². The Morgan fingerprint density at radius 3 is 2.53 bits per heavy atom. The van der Waals surface area contributed by atoms with Crippen LogP contribution in [0, 0.1) is 17.8 Å². The summed E-state index contributed by atoms with van der Waals surface area (Å²) in [6.07, 6.45) is 6.00. The highest BCUT2D eigenvalue weighted by molar-refractivity contribution is 5.77. The molecule has 2 atom stereocenters. The van der Waals surface area contributed by atoms with Gasteiger partial charge in [-0.2, -0.15) is 0 Å². The molecule has 0 bridgehead atoms. The van der Waals surface area contributed by atoms with Crippen molar-refractivity contribution >= 4 is 12.0 Å². The van der Waals surface area contributed by atoms with E-state index in [9.17, 15) is 9.59 Å². The summed E-state index contributed by atoms with van der Waals surface area (Å²) in [4.78, 5) is 22.4. The van der Waals surface area contributed by atoms with Crippen LogP contribution in [0.5, 0.6) is 0 Å². The molecule has 0 radical (unpaired) electrons. The van der Waals surface area contributed by atoms with Gasteiger partial charge in [0.15, 0.2) is 0 Å². The summed E-state index contributed by atoms with van der Waals surface area (Å²) in [7, 11) is 0. The van der Waals surface area contributed by atoms with Crippen LogP contribution in [0.4, 0.5) is 4.79 Å². The Labute approximate surface area is 102 Å². The molecule has 0 fully saturated rings. The van der Waals surface area contributed by atoms with Crippen molar-refractivity contribution in [3.8, 4) is 12.3 Å². The maximum atomic E-state index is 11.4. The molecule has 0 saturated carbocycles. The molecule has 96 valence electrons. The van der Waals surface area contributed by atoms with Gasteiger partial charge in [0.05, 0.1) is 5.41 Å². The standard InChI is InChI=1S/C12H20N2O3/c1-5-7-9(3)14-11(17)13-8-12(4,6-2)10(15)16/h1,9H,6-8H2,2-4H3,(H,15,16)(H2,13,14,17). The van der Waals surface area contributed by atoms with E-state index in [2.05, 4.69) is 16.6 Å². The predicted molar refractivity (Wildman–Crippen MR) is 65.5 cm³/mol. The van der Waals surface area contributed by atoms with Crippen LogP contribution in [0.3, 0.4) is 0 Å². The lowest BCUT2D eigenvalue weighted by Gasteiger charge is -2.23. The third-order valence-corrected chi connectivity index (χ3v) is 2.74. The highest BCUT2D eigenvalue weighted by Gasteiger charge is 2.31. The third kappa shape index (κ3) is 5.25. The molecule has 0 aliphatic heterocycles. The SMILES string of the molecule is C#CCC(C)NC(=O)NCC(C)(CC)C(=O)O. The normalized spacial score (nSPS) is 15.2. The van der Waals surface area contributed by atoms with Crippen molar-refractivity contribution < 1.29 is 14.7 Å². The largest absolute Gasteiger partial charge is 0.481 e. The van der Waals surface area contributed by atoms with Crippen LogP contribution < -0.4 is 10.6 Å². The minimum absolute atomic E-state index is 0.0907. The zero-order valence-electron chi connectivity index (χ0n) is 10.5. The fraction of sp³-hybridized carbons (Fsp3) is 0.667. The van der Waals surface area contributed by atoms with E-state index in [0.717, 1.165) is 0 Å². The number of carboxylic acid groups (broad SMARTS) is 1. The molecule has 0 aliphatic carbocycles. The van der Waals surface area contributed by atoms with Crippen LogP contribution in [-0.2, 0) is 4.79 Å². The van der Waals surface area contributed by atoms with Crippen LogP contribution >= 0.6 is 0 Å². The smallest absolute Gasteiger partial charge is 0.315 e. The zero-order chi connectivity index (χ0) is 13.5. The number of terminal acetylenes is 1. The van der Waals surface area contributed by atoms with E-state index < -0.39 is 17.4 Å². The first-order valence-electron chi connectivity index (χ1n) is 5.57. The molecule has 0 saturated heterocycles. The van der Waals surface area contributed by atoms with Crippen LogP contribution in [0.25, 0.3) is 0 Å². The van der Waals surface area contributed by atoms with Crippen molar-refractivity contribution in [2.45, 2.75) is 39.7 Å². The average Bonchev–Trinajstić information content (AvgIpc) is 2.25. The van der Waals surface area contributed by atoms with Gasteiger partial charge in [0, 0.05) is 19.0 Å². The minimum atomic E-state index is -0.938. The molecule has 5 heteroatoms. The van der Waals surface area contributed by atoms with Crippen molar-refractivity contribution in [2.75, 3.05) is 6.54 Å². The second-order valence-corrected chi connectivity index (χ2v) is 4.36. The fourth-order valence-corrected chi connectivity index (χ4v) is 1.13. The summed E-state index contributed by atoms with van der Waals surface area (Å²) < 4.78 is 0. The topological polar surface area (TPSA) is 78.4 Å². The lowest BCUT2D eigenvalue weighted by Crippen LogP contribution is -2.46. The predicted octanol–water partition coefficient (Wildman–Crippen LogP) is 1.20. The summed E-state index contributed by atoms with van der Waals surface area (Å²) in [6.45, 7) is 5.25. The van der Waals surface area contributed by atoms with Gasteiger partial charge in [-0.15, -0.1) is 12.3 Å². The molecule has 0 aromatic rings. The van der Waals surface area contributed by atoms with E-state index in [1.165, 1.54) is 0 Å². The number of carbonyl (C=O) groups is 2. The Bertz CT molecular complexity index is 322. The first kappa shape index (κ1) is 15.3. The number of hydrogen-bond donors (Lipinski definition) is 3. The number of rotatable bonds is 6. The second kappa shape index (κ2) is 6.79. The van der Waals surface area contributed by atoms with Gasteiger partial charge in [-0.3, -0.25) is 4.79 Å². The molecular formula is C12H20N2O3. The minimum Gasteiger partial charge on any atom is -0.481 e. The molecule has 0 rings (SSSR count). The van der Waals surface area contributed by atoms with Crippen LogP contribution in [0.1, 0.15) is 33.6 Å². The van der Waals surface area contributed by atoms with Crippen LogP contribution in [0.15, 0.2) is 0 Å². The maximum Gasteiger partial charge on any atom is 0.315 e. The molecular weight excluding hydrogens is 220 g/mol. The van der Waals surface area contributed by atoms with Gasteiger partial charge in [-0.1, -0.05) is 6.92 Å². The summed E-state index contributed by atoms with van der Waals surface area (Å²) in [5, 5.41) is 14.2. The highest BCUT2D eigenvalue weighted by atomic mass is 16.4. The molecule has 0 spiro atoms. The maximum absolute atomic E-state index is 11.4. The number of aliphatic carboxylic acids is 1. The van der Waals surface area contributed by atoms with E-state index in [4.69, 9.17) is 11.5 Å². The van der Waals surface area contributed by atoms with Gasteiger partial charge in [0.25, 0.3) is 0 Å². The first-order chi connectivity index (χ1) is 7.85. The number of hydrogen-bond acceptors (Lipinski definition) is 2. The van der Waals surface area contributed by atoms with Gasteiger partial charge < -0.3 is 15.7 Å². The summed E-state index contributed by atoms with van der Waals surface area (Å²) >= 11 is 0. The van der Waals surface area contributed by atoms with Gasteiger partial charge in [0.1, 0.15) is 0 Å². The van der Waals surface area contributed by atoms with E-state index in [1.807, 2.05) is 0 Å². The summed E-state index contributed by atoms with van der Waals surface area (Å²) in [6, 6.07) is -0.522. The molecule has 0 aliphatic rings. The molecule has 2 amide bonds. The quantitative estimate of drug-likeness (QED) is 0.610. The Morgan fingerprint density at radius 2 is 2.12 bits per heavy atom. The van der Waals surface area contributed by atoms with Gasteiger partial charge >= 0.3 is 12.0 Å². The number of urea groups is 1. The molecule has 0 aromatic carbocycles. The number of nitrogens with one attached hydrogen (secondary N) is 2. The molecule has 17 heavy (non-hydrogen) atoms. The average molecular weight is 240 g/mol. The number of carboxylic acids is 1. The van der Waals surface area contributed by atoms with Crippen LogP contribution in [-0.4, -0.2) is 29.7 Å². The second-order valence-electron chi connectivity index (χ2n) is 4.36. The highest BCUT2D eigenvalue weighted by Crippen LogP contribution is 2.19. The molecule has 0 heterocycles. The van der Waals surface area contributed by atoms with E-state index >= 15 is 0 Å². The molecule has 3 N–H and O–H groups in total. The van der Waals surface area contributed by atoms with E-state index in [0.29, 0.717) is 12.8 Å². The fourth-order valence-electron chi connectivity index (χ4n) is 1.13. The van der Waals surface area contributed by atoms with Crippen molar-refractivity contribution in [3.63, 3.8) is 0 Å². The van der Waals surface area contributed by atoms with Gasteiger partial charge in [-0.25, -0.2) is 4.79 Å². The molecule has 0 aromatic heterocycles. The first-order valence-corrected chi connectivity index (χ1v) is 5.57. The Hall–Kier alpha value is -1.70. The van der Waals surface area contributed by atoms with Crippen molar-refractivity contribution in [3.05, 3.63) is 0 Å². The third-order valence-electron chi connectivity index (χ3n) is 2.74. The number of carbonyl (C=O) groups excluding carboxylic acids is 1. The lowest BCUT2D eigenvalue weighted by molar-refractivity contribution is -0.147. The van der Waals surface area contributed by atoms with Crippen molar-refractivity contribution in [1.82, 2.24) is 10.6 Å². The Kier molecular flexibility index (Phi) is 6.11. The monoisotopic (exact) mass is 240 g/mol. The van der Waals surface area contributed by atoms with Crippen molar-refractivity contribution in [1.29, 1.82) is 0 Å². The molecule has 2 unspecified atom stereocenters. The van der Waals surface area contributed by atoms with Crippen LogP contribution in [0.2, 0.25) is 0 Å². The lowest BCUT2D eigenvalue weighted by atomic mass is 9.88. The van der Waals surface area contributed by atoms with Gasteiger partial charge in [-0.05, 0) is 20.3 Å². The Balaban J connectivity index is 4.16. The van der Waals surface area contributed by atoms with E-state index in [-0.39, 0.29) is 12.6 Å². The van der Waals surface area contributed by atoms with Crippen molar-refractivity contribution in [2.24, 2.45) is 5.41 Å². The Morgan fingerprint density at radius 1 is 1.53 bits per heavy atom. The number of amides is 2. The summed E-state index contributed by atoms with van der Waals surface area (Å²) in [5.74, 6) is 1.52. The summed E-state index contributed by atoms with van der Waals surface area (Å²) in [5.41, 5.74) is -0.938.